The number of aryl methyl sites for hydroxylation is 2. The summed E-state index contributed by atoms with van der Waals surface area (Å²) in [5.41, 5.74) is 2.67. The number of hydrogen-bond donors (Lipinski definition) is 0. The van der Waals surface area contributed by atoms with Crippen LogP contribution in [0.25, 0.3) is 0 Å². The van der Waals surface area contributed by atoms with Crippen LogP contribution in [-0.2, 0) is 19.0 Å². The van der Waals surface area contributed by atoms with Gasteiger partial charge in [0.25, 0.3) is 0 Å². The predicted molar refractivity (Wildman–Crippen MR) is 82.9 cm³/mol. The molecule has 0 saturated carbocycles. The molecule has 0 saturated heterocycles. The standard InChI is InChI=1S/C14H16BrClN2O2/c1-9-13(16)11(18(2)17-9)8-20-14-10(7-15)5-4-6-12(14)19-3/h4-6H,7-8H2,1-3H3. The summed E-state index contributed by atoms with van der Waals surface area (Å²) in [4.78, 5) is 0. The molecule has 2 aromatic rings. The number of nitrogens with zero attached hydrogens (tertiary/aromatic N) is 2. The number of ether oxygens (including phenoxy) is 2. The molecule has 1 aromatic heterocycles. The highest BCUT2D eigenvalue weighted by atomic mass is 79.9. The van der Waals surface area contributed by atoms with E-state index in [4.69, 9.17) is 21.1 Å². The van der Waals surface area contributed by atoms with Gasteiger partial charge in [0.15, 0.2) is 11.5 Å². The van der Waals surface area contributed by atoms with Gasteiger partial charge >= 0.3 is 0 Å². The summed E-state index contributed by atoms with van der Waals surface area (Å²) in [7, 11) is 3.48. The van der Waals surface area contributed by atoms with E-state index in [9.17, 15) is 0 Å². The first-order valence-corrected chi connectivity index (χ1v) is 7.61. The van der Waals surface area contributed by atoms with E-state index in [-0.39, 0.29) is 0 Å². The summed E-state index contributed by atoms with van der Waals surface area (Å²) >= 11 is 9.68. The molecule has 0 spiro atoms. The Morgan fingerprint density at radius 1 is 1.40 bits per heavy atom. The molecule has 0 aliphatic carbocycles. The molecule has 4 nitrogen and oxygen atoms in total. The number of methoxy groups -OCH3 is 1. The first kappa shape index (κ1) is 15.2. The largest absolute Gasteiger partial charge is 0.493 e. The van der Waals surface area contributed by atoms with E-state index < -0.39 is 0 Å². The average Bonchev–Trinajstić information content (AvgIpc) is 2.69. The molecular formula is C14H16BrClN2O2. The van der Waals surface area contributed by atoms with Crippen molar-refractivity contribution in [1.29, 1.82) is 0 Å². The molecule has 6 heteroatoms. The van der Waals surface area contributed by atoms with Gasteiger partial charge in [-0.05, 0) is 13.0 Å². The minimum atomic E-state index is 0.344. The zero-order valence-corrected chi connectivity index (χ0v) is 14.0. The molecule has 0 aliphatic rings. The molecule has 0 atom stereocenters. The zero-order chi connectivity index (χ0) is 14.7. The van der Waals surface area contributed by atoms with E-state index >= 15 is 0 Å². The molecule has 0 amide bonds. The van der Waals surface area contributed by atoms with E-state index in [1.165, 1.54) is 0 Å². The second-order valence-electron chi connectivity index (χ2n) is 4.34. The molecule has 0 aliphatic heterocycles. The second-order valence-corrected chi connectivity index (χ2v) is 5.28. The van der Waals surface area contributed by atoms with Gasteiger partial charge in [-0.2, -0.15) is 5.10 Å². The van der Waals surface area contributed by atoms with E-state index in [2.05, 4.69) is 21.0 Å². The number of hydrogen-bond acceptors (Lipinski definition) is 3. The zero-order valence-electron chi connectivity index (χ0n) is 11.6. The van der Waals surface area contributed by atoms with Crippen molar-refractivity contribution >= 4 is 27.5 Å². The Labute approximate surface area is 131 Å². The van der Waals surface area contributed by atoms with Crippen LogP contribution in [-0.4, -0.2) is 16.9 Å². The van der Waals surface area contributed by atoms with Crippen LogP contribution in [0.4, 0.5) is 0 Å². The van der Waals surface area contributed by atoms with Crippen LogP contribution in [0.1, 0.15) is 17.0 Å². The van der Waals surface area contributed by atoms with Gasteiger partial charge in [0.2, 0.25) is 0 Å². The molecule has 1 aromatic carbocycles. The van der Waals surface area contributed by atoms with Crippen LogP contribution in [0.15, 0.2) is 18.2 Å². The number of aromatic nitrogens is 2. The normalized spacial score (nSPS) is 10.7. The topological polar surface area (TPSA) is 36.3 Å². The lowest BCUT2D eigenvalue weighted by Crippen LogP contribution is -2.05. The van der Waals surface area contributed by atoms with Gasteiger partial charge in [0, 0.05) is 17.9 Å². The molecule has 2 rings (SSSR count). The number of alkyl halides is 1. The smallest absolute Gasteiger partial charge is 0.165 e. The minimum absolute atomic E-state index is 0.344. The number of benzene rings is 1. The molecule has 108 valence electrons. The Morgan fingerprint density at radius 2 is 2.15 bits per heavy atom. The second kappa shape index (κ2) is 6.50. The lowest BCUT2D eigenvalue weighted by Gasteiger charge is -2.14. The third-order valence-electron chi connectivity index (χ3n) is 3.04. The minimum Gasteiger partial charge on any atom is -0.493 e. The van der Waals surface area contributed by atoms with Crippen molar-refractivity contribution in [3.8, 4) is 11.5 Å². The third kappa shape index (κ3) is 2.94. The monoisotopic (exact) mass is 358 g/mol. The van der Waals surface area contributed by atoms with Crippen LogP contribution in [0, 0.1) is 6.92 Å². The molecular weight excluding hydrogens is 344 g/mol. The molecule has 0 fully saturated rings. The van der Waals surface area contributed by atoms with Crippen molar-refractivity contribution in [2.75, 3.05) is 7.11 Å². The fourth-order valence-electron chi connectivity index (χ4n) is 1.97. The summed E-state index contributed by atoms with van der Waals surface area (Å²) in [5.74, 6) is 1.43. The molecule has 20 heavy (non-hydrogen) atoms. The Balaban J connectivity index is 2.26. The predicted octanol–water partition coefficient (Wildman–Crippen LogP) is 3.86. The maximum atomic E-state index is 6.22. The van der Waals surface area contributed by atoms with E-state index in [0.717, 1.165) is 22.7 Å². The summed E-state index contributed by atoms with van der Waals surface area (Å²) in [6.07, 6.45) is 0. The van der Waals surface area contributed by atoms with Crippen molar-refractivity contribution in [3.05, 3.63) is 40.2 Å². The Hall–Kier alpha value is -1.20. The average molecular weight is 360 g/mol. The van der Waals surface area contributed by atoms with Crippen LogP contribution >= 0.6 is 27.5 Å². The molecule has 1 heterocycles. The highest BCUT2D eigenvalue weighted by molar-refractivity contribution is 9.08. The van der Waals surface area contributed by atoms with E-state index in [0.29, 0.717) is 22.7 Å². The van der Waals surface area contributed by atoms with Crippen molar-refractivity contribution < 1.29 is 9.47 Å². The number of para-hydroxylation sites is 1. The van der Waals surface area contributed by atoms with Crippen LogP contribution < -0.4 is 9.47 Å². The van der Waals surface area contributed by atoms with Gasteiger partial charge in [0.05, 0.1) is 23.5 Å². The SMILES string of the molecule is COc1cccc(CBr)c1OCc1c(Cl)c(C)nn1C. The molecule has 0 unspecified atom stereocenters. The lowest BCUT2D eigenvalue weighted by molar-refractivity contribution is 0.273. The van der Waals surface area contributed by atoms with Gasteiger partial charge < -0.3 is 9.47 Å². The first-order valence-electron chi connectivity index (χ1n) is 6.11. The van der Waals surface area contributed by atoms with Crippen LogP contribution in [0.5, 0.6) is 11.5 Å². The van der Waals surface area contributed by atoms with Crippen LogP contribution in [0.3, 0.4) is 0 Å². The Morgan fingerprint density at radius 3 is 2.70 bits per heavy atom. The summed E-state index contributed by atoms with van der Waals surface area (Å²) in [6.45, 7) is 2.22. The fourth-order valence-corrected chi connectivity index (χ4v) is 2.62. The number of halogens is 2. The number of rotatable bonds is 5. The Kier molecular flexibility index (Phi) is 4.94. The maximum Gasteiger partial charge on any atom is 0.165 e. The van der Waals surface area contributed by atoms with Crippen molar-refractivity contribution in [2.45, 2.75) is 18.9 Å². The fraction of sp³-hybridized carbons (Fsp3) is 0.357. The summed E-state index contributed by atoms with van der Waals surface area (Å²) in [5, 5.41) is 5.61. The van der Waals surface area contributed by atoms with Gasteiger partial charge in [-0.3, -0.25) is 4.68 Å². The Bertz CT molecular complexity index is 591. The van der Waals surface area contributed by atoms with Crippen molar-refractivity contribution in [3.63, 3.8) is 0 Å². The summed E-state index contributed by atoms with van der Waals surface area (Å²) < 4.78 is 13.0. The van der Waals surface area contributed by atoms with Gasteiger partial charge in [-0.1, -0.05) is 39.7 Å². The third-order valence-corrected chi connectivity index (χ3v) is 4.13. The summed E-state index contributed by atoms with van der Waals surface area (Å²) in [6, 6.07) is 5.80. The van der Waals surface area contributed by atoms with Gasteiger partial charge in [-0.25, -0.2) is 0 Å². The molecule has 0 N–H and O–H groups in total. The van der Waals surface area contributed by atoms with Gasteiger partial charge in [-0.15, -0.1) is 0 Å². The van der Waals surface area contributed by atoms with Crippen molar-refractivity contribution in [2.24, 2.45) is 7.05 Å². The first-order chi connectivity index (χ1) is 9.58. The van der Waals surface area contributed by atoms with Gasteiger partial charge in [0.1, 0.15) is 6.61 Å². The van der Waals surface area contributed by atoms with Crippen molar-refractivity contribution in [1.82, 2.24) is 9.78 Å². The quantitative estimate of drug-likeness (QED) is 0.761. The van der Waals surface area contributed by atoms with E-state index in [1.807, 2.05) is 32.2 Å². The highest BCUT2D eigenvalue weighted by Gasteiger charge is 2.15. The maximum absolute atomic E-state index is 6.22. The van der Waals surface area contributed by atoms with E-state index in [1.54, 1.807) is 11.8 Å². The van der Waals surface area contributed by atoms with Crippen LogP contribution in [0.2, 0.25) is 5.02 Å². The molecule has 0 radical (unpaired) electrons. The highest BCUT2D eigenvalue weighted by Crippen LogP contribution is 2.33. The molecule has 0 bridgehead atoms. The lowest BCUT2D eigenvalue weighted by atomic mass is 10.2.